The molecule has 82 valence electrons. The molecule has 0 amide bonds. The van der Waals surface area contributed by atoms with Crippen molar-refractivity contribution >= 4 is 5.69 Å². The van der Waals surface area contributed by atoms with Crippen LogP contribution >= 0.6 is 0 Å². The highest BCUT2D eigenvalue weighted by atomic mass is 15.1. The predicted molar refractivity (Wildman–Crippen MR) is 63.0 cm³/mol. The van der Waals surface area contributed by atoms with E-state index in [2.05, 4.69) is 34.4 Å². The van der Waals surface area contributed by atoms with Crippen LogP contribution < -0.4 is 10.2 Å². The molecule has 0 aromatic carbocycles. The third-order valence-electron chi connectivity index (χ3n) is 2.83. The van der Waals surface area contributed by atoms with Crippen LogP contribution in [0.4, 0.5) is 5.69 Å². The van der Waals surface area contributed by atoms with E-state index in [1.165, 1.54) is 25.1 Å². The van der Waals surface area contributed by atoms with Crippen molar-refractivity contribution in [2.24, 2.45) is 5.92 Å². The van der Waals surface area contributed by atoms with Crippen LogP contribution in [0.2, 0.25) is 0 Å². The number of hydrogen-bond acceptors (Lipinski definition) is 3. The van der Waals surface area contributed by atoms with Crippen LogP contribution in [-0.4, -0.2) is 25.6 Å². The molecule has 1 aromatic rings. The largest absolute Gasteiger partial charge is 0.374 e. The molecule has 1 aliphatic carbocycles. The van der Waals surface area contributed by atoms with E-state index in [1.54, 1.807) is 0 Å². The number of pyridine rings is 1. The topological polar surface area (TPSA) is 28.2 Å². The van der Waals surface area contributed by atoms with E-state index in [9.17, 15) is 0 Å². The lowest BCUT2D eigenvalue weighted by molar-refractivity contribution is 0.773. The molecular weight excluding hydrogens is 186 g/mol. The molecule has 1 aromatic heterocycles. The van der Waals surface area contributed by atoms with Gasteiger partial charge in [0.05, 0.1) is 5.69 Å². The van der Waals surface area contributed by atoms with Crippen LogP contribution in [0.1, 0.15) is 18.5 Å². The monoisotopic (exact) mass is 205 g/mol. The number of rotatable bonds is 5. The molecule has 0 atom stereocenters. The Morgan fingerprint density at radius 2 is 2.33 bits per heavy atom. The van der Waals surface area contributed by atoms with Crippen molar-refractivity contribution in [1.82, 2.24) is 10.3 Å². The Bertz CT molecular complexity index is 320. The highest BCUT2D eigenvalue weighted by molar-refractivity contribution is 5.45. The fourth-order valence-electron chi connectivity index (χ4n) is 1.77. The van der Waals surface area contributed by atoms with Crippen molar-refractivity contribution in [3.8, 4) is 0 Å². The zero-order chi connectivity index (χ0) is 10.7. The molecule has 0 bridgehead atoms. The Labute approximate surface area is 91.5 Å². The molecule has 1 saturated carbocycles. The summed E-state index contributed by atoms with van der Waals surface area (Å²) in [4.78, 5) is 6.65. The normalized spacial score (nSPS) is 15.3. The third-order valence-corrected chi connectivity index (χ3v) is 2.83. The van der Waals surface area contributed by atoms with Gasteiger partial charge in [0, 0.05) is 32.0 Å². The Hall–Kier alpha value is -1.09. The standard InChI is InChI=1S/C12H19N3/c1-13-8-11-7-12(5-6-14-11)15(2)9-10-3-4-10/h5-7,10,13H,3-4,8-9H2,1-2H3. The van der Waals surface area contributed by atoms with Crippen molar-refractivity contribution in [2.75, 3.05) is 25.5 Å². The zero-order valence-corrected chi connectivity index (χ0v) is 9.53. The second kappa shape index (κ2) is 4.62. The minimum Gasteiger partial charge on any atom is -0.374 e. The highest BCUT2D eigenvalue weighted by Gasteiger charge is 2.22. The van der Waals surface area contributed by atoms with Gasteiger partial charge in [-0.3, -0.25) is 4.98 Å². The van der Waals surface area contributed by atoms with E-state index in [-0.39, 0.29) is 0 Å². The van der Waals surface area contributed by atoms with E-state index in [1.807, 2.05) is 13.2 Å². The fraction of sp³-hybridized carbons (Fsp3) is 0.583. The molecule has 0 aliphatic heterocycles. The van der Waals surface area contributed by atoms with E-state index < -0.39 is 0 Å². The Kier molecular flexibility index (Phi) is 3.21. The summed E-state index contributed by atoms with van der Waals surface area (Å²) in [6, 6.07) is 4.25. The van der Waals surface area contributed by atoms with Gasteiger partial charge >= 0.3 is 0 Å². The molecule has 3 heteroatoms. The lowest BCUT2D eigenvalue weighted by Crippen LogP contribution is -2.20. The van der Waals surface area contributed by atoms with Crippen molar-refractivity contribution in [3.05, 3.63) is 24.0 Å². The van der Waals surface area contributed by atoms with E-state index >= 15 is 0 Å². The van der Waals surface area contributed by atoms with Gasteiger partial charge < -0.3 is 10.2 Å². The van der Waals surface area contributed by atoms with Gasteiger partial charge in [-0.2, -0.15) is 0 Å². The summed E-state index contributed by atoms with van der Waals surface area (Å²) in [5.41, 5.74) is 2.39. The molecular formula is C12H19N3. The second-order valence-electron chi connectivity index (χ2n) is 4.36. The van der Waals surface area contributed by atoms with Crippen LogP contribution in [-0.2, 0) is 6.54 Å². The van der Waals surface area contributed by atoms with Gasteiger partial charge in [-0.05, 0) is 37.9 Å². The van der Waals surface area contributed by atoms with Gasteiger partial charge in [0.1, 0.15) is 0 Å². The molecule has 1 aliphatic rings. The summed E-state index contributed by atoms with van der Waals surface area (Å²) in [6.45, 7) is 2.02. The van der Waals surface area contributed by atoms with Gasteiger partial charge in [0.2, 0.25) is 0 Å². The maximum atomic E-state index is 4.32. The molecule has 0 unspecified atom stereocenters. The zero-order valence-electron chi connectivity index (χ0n) is 9.53. The number of nitrogens with zero attached hydrogens (tertiary/aromatic N) is 2. The molecule has 1 N–H and O–H groups in total. The Morgan fingerprint density at radius 1 is 1.53 bits per heavy atom. The summed E-state index contributed by atoms with van der Waals surface area (Å²) >= 11 is 0. The predicted octanol–water partition coefficient (Wildman–Crippen LogP) is 1.65. The number of anilines is 1. The first-order valence-electron chi connectivity index (χ1n) is 5.60. The van der Waals surface area contributed by atoms with Crippen LogP contribution in [0.15, 0.2) is 18.3 Å². The Morgan fingerprint density at radius 3 is 3.00 bits per heavy atom. The van der Waals surface area contributed by atoms with Gasteiger partial charge in [0.15, 0.2) is 0 Å². The fourth-order valence-corrected chi connectivity index (χ4v) is 1.77. The average Bonchev–Trinajstić information content (AvgIpc) is 3.03. The Balaban J connectivity index is 2.01. The van der Waals surface area contributed by atoms with Gasteiger partial charge in [0.25, 0.3) is 0 Å². The number of aromatic nitrogens is 1. The molecule has 3 nitrogen and oxygen atoms in total. The molecule has 0 saturated heterocycles. The van der Waals surface area contributed by atoms with Crippen LogP contribution in [0, 0.1) is 5.92 Å². The third kappa shape index (κ3) is 2.93. The van der Waals surface area contributed by atoms with Crippen LogP contribution in [0.3, 0.4) is 0 Å². The van der Waals surface area contributed by atoms with Gasteiger partial charge in [-0.1, -0.05) is 0 Å². The maximum absolute atomic E-state index is 4.32. The second-order valence-corrected chi connectivity index (χ2v) is 4.36. The van der Waals surface area contributed by atoms with Crippen LogP contribution in [0.25, 0.3) is 0 Å². The number of hydrogen-bond donors (Lipinski definition) is 1. The maximum Gasteiger partial charge on any atom is 0.0562 e. The molecule has 15 heavy (non-hydrogen) atoms. The van der Waals surface area contributed by atoms with Gasteiger partial charge in [-0.15, -0.1) is 0 Å². The summed E-state index contributed by atoms with van der Waals surface area (Å²) in [7, 11) is 4.11. The lowest BCUT2D eigenvalue weighted by Gasteiger charge is -2.19. The summed E-state index contributed by atoms with van der Waals surface area (Å²) in [5, 5.41) is 3.12. The van der Waals surface area contributed by atoms with Crippen molar-refractivity contribution < 1.29 is 0 Å². The quantitative estimate of drug-likeness (QED) is 0.792. The smallest absolute Gasteiger partial charge is 0.0562 e. The molecule has 0 spiro atoms. The minimum atomic E-state index is 0.838. The summed E-state index contributed by atoms with van der Waals surface area (Å²) in [6.07, 6.45) is 4.70. The van der Waals surface area contributed by atoms with Crippen molar-refractivity contribution in [1.29, 1.82) is 0 Å². The van der Waals surface area contributed by atoms with E-state index in [0.717, 1.165) is 18.2 Å². The first-order chi connectivity index (χ1) is 7.29. The minimum absolute atomic E-state index is 0.838. The summed E-state index contributed by atoms with van der Waals surface area (Å²) < 4.78 is 0. The van der Waals surface area contributed by atoms with E-state index in [4.69, 9.17) is 0 Å². The molecule has 0 radical (unpaired) electrons. The number of nitrogens with one attached hydrogen (secondary N) is 1. The van der Waals surface area contributed by atoms with E-state index in [0.29, 0.717) is 0 Å². The first-order valence-corrected chi connectivity index (χ1v) is 5.60. The SMILES string of the molecule is CNCc1cc(N(C)CC2CC2)ccn1. The highest BCUT2D eigenvalue weighted by Crippen LogP contribution is 2.30. The van der Waals surface area contributed by atoms with Crippen LogP contribution in [0.5, 0.6) is 0 Å². The molecule has 2 rings (SSSR count). The molecule has 1 heterocycles. The van der Waals surface area contributed by atoms with Crippen molar-refractivity contribution in [3.63, 3.8) is 0 Å². The average molecular weight is 205 g/mol. The van der Waals surface area contributed by atoms with Gasteiger partial charge in [-0.25, -0.2) is 0 Å². The lowest BCUT2D eigenvalue weighted by atomic mass is 10.2. The first kappa shape index (κ1) is 10.4. The summed E-state index contributed by atoms with van der Waals surface area (Å²) in [5.74, 6) is 0.927. The molecule has 1 fully saturated rings. The van der Waals surface area contributed by atoms with Crippen molar-refractivity contribution in [2.45, 2.75) is 19.4 Å².